The lowest BCUT2D eigenvalue weighted by Crippen LogP contribution is -2.52. The Morgan fingerprint density at radius 2 is 1.82 bits per heavy atom. The molecule has 0 radical (unpaired) electrons. The molecule has 1 saturated heterocycles. The zero-order valence-electron chi connectivity index (χ0n) is 11.0. The minimum atomic E-state index is -0.716. The van der Waals surface area contributed by atoms with Crippen LogP contribution in [0.3, 0.4) is 0 Å². The van der Waals surface area contributed by atoms with E-state index in [0.29, 0.717) is 0 Å². The maximum absolute atomic E-state index is 11.9. The fourth-order valence-electron chi connectivity index (χ4n) is 2.59. The van der Waals surface area contributed by atoms with Crippen LogP contribution in [0.15, 0.2) is 18.2 Å². The highest BCUT2D eigenvalue weighted by atomic mass is 32.2. The van der Waals surface area contributed by atoms with Gasteiger partial charge in [-0.1, -0.05) is 29.3 Å². The van der Waals surface area contributed by atoms with Gasteiger partial charge in [0.2, 0.25) is 0 Å². The molecule has 1 fully saturated rings. The smallest absolute Gasteiger partial charge is 0.0441 e. The van der Waals surface area contributed by atoms with Crippen molar-refractivity contribution in [3.05, 3.63) is 34.9 Å². The summed E-state index contributed by atoms with van der Waals surface area (Å²) in [7, 11) is -0.716. The Morgan fingerprint density at radius 3 is 2.35 bits per heavy atom. The van der Waals surface area contributed by atoms with E-state index in [0.717, 1.165) is 11.5 Å². The predicted molar refractivity (Wildman–Crippen MR) is 73.7 cm³/mol. The molecule has 0 amide bonds. The average Bonchev–Trinajstić information content (AvgIpc) is 2.12. The predicted octanol–water partition coefficient (Wildman–Crippen LogP) is 2.48. The van der Waals surface area contributed by atoms with Crippen LogP contribution in [-0.2, 0) is 10.8 Å². The van der Waals surface area contributed by atoms with Crippen LogP contribution in [-0.4, -0.2) is 21.3 Å². The van der Waals surface area contributed by atoms with Gasteiger partial charge in [-0.15, -0.1) is 0 Å². The fraction of sp³-hybridized carbons (Fsp3) is 0.571. The third-order valence-electron chi connectivity index (χ3n) is 3.09. The molecule has 94 valence electrons. The van der Waals surface area contributed by atoms with Crippen molar-refractivity contribution in [2.24, 2.45) is 0 Å². The Labute approximate surface area is 106 Å². The molecule has 0 aromatic heterocycles. The van der Waals surface area contributed by atoms with E-state index < -0.39 is 10.8 Å². The molecule has 1 aliphatic heterocycles. The normalized spacial score (nSPS) is 28.0. The summed E-state index contributed by atoms with van der Waals surface area (Å²) in [5.41, 5.74) is 3.78. The number of nitrogens with one attached hydrogen (secondary N) is 1. The standard InChI is InChI=1S/C14H21NOS/c1-10-5-11(2)7-12(6-10)13-8-17(16)9-14(3,4)15-13/h5-7,13,15H,8-9H2,1-4H3. The van der Waals surface area contributed by atoms with Crippen LogP contribution >= 0.6 is 0 Å². The molecule has 3 heteroatoms. The lowest BCUT2D eigenvalue weighted by Gasteiger charge is -2.37. The largest absolute Gasteiger partial charge is 0.303 e. The van der Waals surface area contributed by atoms with Gasteiger partial charge in [-0.05, 0) is 33.3 Å². The number of rotatable bonds is 1. The summed E-state index contributed by atoms with van der Waals surface area (Å²) in [4.78, 5) is 0. The minimum absolute atomic E-state index is 0.0363. The van der Waals surface area contributed by atoms with Gasteiger partial charge in [0.1, 0.15) is 0 Å². The molecule has 2 nitrogen and oxygen atoms in total. The molecule has 1 heterocycles. The Bertz CT molecular complexity index is 433. The van der Waals surface area contributed by atoms with E-state index in [1.807, 2.05) is 0 Å². The van der Waals surface area contributed by atoms with Crippen molar-refractivity contribution >= 4 is 10.8 Å². The Hall–Kier alpha value is -0.670. The molecular weight excluding hydrogens is 230 g/mol. The molecule has 1 aromatic carbocycles. The molecule has 1 aliphatic rings. The first-order valence-corrected chi connectivity index (χ1v) is 7.55. The van der Waals surface area contributed by atoms with Gasteiger partial charge in [0.25, 0.3) is 0 Å². The third kappa shape index (κ3) is 3.17. The quantitative estimate of drug-likeness (QED) is 0.831. The summed E-state index contributed by atoms with van der Waals surface area (Å²) in [6.07, 6.45) is 0. The summed E-state index contributed by atoms with van der Waals surface area (Å²) in [5, 5.41) is 3.60. The van der Waals surface area contributed by atoms with E-state index in [4.69, 9.17) is 0 Å². The van der Waals surface area contributed by atoms with E-state index >= 15 is 0 Å². The van der Waals surface area contributed by atoms with Crippen molar-refractivity contribution in [2.45, 2.75) is 39.3 Å². The lowest BCUT2D eigenvalue weighted by atomic mass is 9.99. The van der Waals surface area contributed by atoms with Gasteiger partial charge in [-0.3, -0.25) is 4.21 Å². The summed E-state index contributed by atoms with van der Waals surface area (Å²) < 4.78 is 11.9. The van der Waals surface area contributed by atoms with Crippen LogP contribution in [0, 0.1) is 13.8 Å². The topological polar surface area (TPSA) is 29.1 Å². The van der Waals surface area contributed by atoms with Crippen molar-refractivity contribution in [3.63, 3.8) is 0 Å². The zero-order valence-corrected chi connectivity index (χ0v) is 11.9. The molecule has 17 heavy (non-hydrogen) atoms. The average molecular weight is 251 g/mol. The van der Waals surface area contributed by atoms with Crippen LogP contribution in [0.4, 0.5) is 0 Å². The number of benzene rings is 1. The molecule has 0 spiro atoms. The van der Waals surface area contributed by atoms with Crippen molar-refractivity contribution in [2.75, 3.05) is 11.5 Å². The second-order valence-electron chi connectivity index (χ2n) is 5.75. The summed E-state index contributed by atoms with van der Waals surface area (Å²) in [5.74, 6) is 1.47. The lowest BCUT2D eigenvalue weighted by molar-refractivity contribution is 0.369. The summed E-state index contributed by atoms with van der Waals surface area (Å²) >= 11 is 0. The molecule has 0 aliphatic carbocycles. The fourth-order valence-corrected chi connectivity index (χ4v) is 4.25. The monoisotopic (exact) mass is 251 g/mol. The van der Waals surface area contributed by atoms with Crippen molar-refractivity contribution in [1.82, 2.24) is 5.32 Å². The Kier molecular flexibility index (Phi) is 3.41. The van der Waals surface area contributed by atoms with Crippen LogP contribution in [0.1, 0.15) is 36.6 Å². The third-order valence-corrected chi connectivity index (χ3v) is 4.83. The number of hydrogen-bond donors (Lipinski definition) is 1. The molecule has 1 N–H and O–H groups in total. The minimum Gasteiger partial charge on any atom is -0.303 e. The molecule has 0 saturated carbocycles. The first-order chi connectivity index (χ1) is 7.85. The zero-order chi connectivity index (χ0) is 12.6. The van der Waals surface area contributed by atoms with Crippen LogP contribution in [0.25, 0.3) is 0 Å². The SMILES string of the molecule is Cc1cc(C)cc(C2CS(=O)CC(C)(C)N2)c1. The van der Waals surface area contributed by atoms with Gasteiger partial charge in [-0.2, -0.15) is 0 Å². The van der Waals surface area contributed by atoms with Gasteiger partial charge in [0.15, 0.2) is 0 Å². The van der Waals surface area contributed by atoms with Gasteiger partial charge in [-0.25, -0.2) is 0 Å². The highest BCUT2D eigenvalue weighted by molar-refractivity contribution is 7.85. The molecular formula is C14H21NOS. The van der Waals surface area contributed by atoms with E-state index in [-0.39, 0.29) is 11.6 Å². The Morgan fingerprint density at radius 1 is 1.24 bits per heavy atom. The molecule has 1 aromatic rings. The second kappa shape index (κ2) is 4.54. The van der Waals surface area contributed by atoms with Crippen LogP contribution in [0.2, 0.25) is 0 Å². The van der Waals surface area contributed by atoms with Gasteiger partial charge < -0.3 is 5.32 Å². The van der Waals surface area contributed by atoms with E-state index in [9.17, 15) is 4.21 Å². The van der Waals surface area contributed by atoms with Gasteiger partial charge >= 0.3 is 0 Å². The maximum atomic E-state index is 11.9. The molecule has 2 unspecified atom stereocenters. The number of hydrogen-bond acceptors (Lipinski definition) is 2. The van der Waals surface area contributed by atoms with Crippen LogP contribution in [0.5, 0.6) is 0 Å². The first-order valence-electron chi connectivity index (χ1n) is 6.07. The van der Waals surface area contributed by atoms with E-state index in [1.54, 1.807) is 0 Å². The van der Waals surface area contributed by atoms with E-state index in [1.165, 1.54) is 16.7 Å². The van der Waals surface area contributed by atoms with Crippen molar-refractivity contribution in [3.8, 4) is 0 Å². The van der Waals surface area contributed by atoms with Crippen molar-refractivity contribution < 1.29 is 4.21 Å². The molecule has 2 rings (SSSR count). The van der Waals surface area contributed by atoms with E-state index in [2.05, 4.69) is 51.2 Å². The summed E-state index contributed by atoms with van der Waals surface area (Å²) in [6.45, 7) is 8.47. The highest BCUT2D eigenvalue weighted by Gasteiger charge is 2.32. The summed E-state index contributed by atoms with van der Waals surface area (Å²) in [6, 6.07) is 6.79. The first kappa shape index (κ1) is 12.8. The second-order valence-corrected chi connectivity index (χ2v) is 7.25. The molecule has 0 bridgehead atoms. The van der Waals surface area contributed by atoms with Gasteiger partial charge in [0.05, 0.1) is 0 Å². The highest BCUT2D eigenvalue weighted by Crippen LogP contribution is 2.25. The maximum Gasteiger partial charge on any atom is 0.0441 e. The number of aryl methyl sites for hydroxylation is 2. The molecule has 2 atom stereocenters. The Balaban J connectivity index is 2.30. The van der Waals surface area contributed by atoms with Crippen molar-refractivity contribution in [1.29, 1.82) is 0 Å². The van der Waals surface area contributed by atoms with Gasteiger partial charge in [0, 0.05) is 33.9 Å². The van der Waals surface area contributed by atoms with Crippen LogP contribution < -0.4 is 5.32 Å².